The van der Waals surface area contributed by atoms with Crippen molar-refractivity contribution in [1.82, 2.24) is 5.32 Å². The number of hydrogen-bond donors (Lipinski definition) is 2. The summed E-state index contributed by atoms with van der Waals surface area (Å²) in [5, 5.41) is 4.32. The summed E-state index contributed by atoms with van der Waals surface area (Å²) < 4.78 is 0. The first kappa shape index (κ1) is 11.8. The van der Waals surface area contributed by atoms with Gasteiger partial charge < -0.3 is 11.1 Å². The van der Waals surface area contributed by atoms with Gasteiger partial charge in [-0.1, -0.05) is 13.0 Å². The lowest BCUT2D eigenvalue weighted by molar-refractivity contribution is 0.533. The van der Waals surface area contributed by atoms with Crippen molar-refractivity contribution >= 4 is 17.4 Å². The van der Waals surface area contributed by atoms with Crippen molar-refractivity contribution in [2.24, 2.45) is 0 Å². The van der Waals surface area contributed by atoms with E-state index in [1.807, 2.05) is 17.8 Å². The monoisotopic (exact) mass is 236 g/mol. The Balaban J connectivity index is 2.01. The molecule has 3 heteroatoms. The highest BCUT2D eigenvalue weighted by Crippen LogP contribution is 2.32. The number of nitrogens with two attached hydrogens (primary N) is 1. The van der Waals surface area contributed by atoms with Gasteiger partial charge in [-0.2, -0.15) is 11.8 Å². The molecule has 1 aromatic carbocycles. The maximum atomic E-state index is 5.80. The van der Waals surface area contributed by atoms with Crippen molar-refractivity contribution in [3.05, 3.63) is 29.3 Å². The van der Waals surface area contributed by atoms with Crippen LogP contribution < -0.4 is 11.1 Å². The van der Waals surface area contributed by atoms with E-state index >= 15 is 0 Å². The molecular formula is C13H20N2S. The highest BCUT2D eigenvalue weighted by molar-refractivity contribution is 7.99. The lowest BCUT2D eigenvalue weighted by Crippen LogP contribution is -2.26. The van der Waals surface area contributed by atoms with E-state index in [0.717, 1.165) is 18.7 Å². The molecule has 0 heterocycles. The molecule has 0 saturated carbocycles. The lowest BCUT2D eigenvalue weighted by Gasteiger charge is -2.16. The third-order valence-electron chi connectivity index (χ3n) is 3.30. The summed E-state index contributed by atoms with van der Waals surface area (Å²) in [6.07, 6.45) is 4.53. The van der Waals surface area contributed by atoms with Crippen molar-refractivity contribution < 1.29 is 0 Å². The SMILES string of the molecule is CSC(C)CNC1CCc2cc(N)ccc21. The van der Waals surface area contributed by atoms with E-state index in [1.165, 1.54) is 17.5 Å². The van der Waals surface area contributed by atoms with Crippen LogP contribution in [-0.4, -0.2) is 18.1 Å². The predicted octanol–water partition coefficient (Wildman–Crippen LogP) is 2.60. The van der Waals surface area contributed by atoms with Crippen molar-refractivity contribution in [3.63, 3.8) is 0 Å². The topological polar surface area (TPSA) is 38.0 Å². The molecule has 2 atom stereocenters. The Morgan fingerprint density at radius 2 is 2.38 bits per heavy atom. The summed E-state index contributed by atoms with van der Waals surface area (Å²) in [4.78, 5) is 0. The minimum atomic E-state index is 0.533. The van der Waals surface area contributed by atoms with Crippen molar-refractivity contribution in [1.29, 1.82) is 0 Å². The quantitative estimate of drug-likeness (QED) is 0.789. The fourth-order valence-electron chi connectivity index (χ4n) is 2.24. The Kier molecular flexibility index (Phi) is 3.77. The zero-order chi connectivity index (χ0) is 11.5. The van der Waals surface area contributed by atoms with Gasteiger partial charge in [-0.3, -0.25) is 0 Å². The third kappa shape index (κ3) is 2.53. The van der Waals surface area contributed by atoms with Crippen LogP contribution in [0.1, 0.15) is 30.5 Å². The van der Waals surface area contributed by atoms with E-state index in [1.54, 1.807) is 0 Å². The van der Waals surface area contributed by atoms with Crippen molar-refractivity contribution in [2.45, 2.75) is 31.1 Å². The summed E-state index contributed by atoms with van der Waals surface area (Å²) in [6.45, 7) is 3.34. The van der Waals surface area contributed by atoms with Gasteiger partial charge in [0.15, 0.2) is 0 Å². The Hall–Kier alpha value is -0.670. The Morgan fingerprint density at radius 3 is 3.12 bits per heavy atom. The number of thioether (sulfide) groups is 1. The van der Waals surface area contributed by atoms with Gasteiger partial charge in [-0.05, 0) is 42.4 Å². The predicted molar refractivity (Wildman–Crippen MR) is 72.9 cm³/mol. The van der Waals surface area contributed by atoms with Crippen LogP contribution in [0.5, 0.6) is 0 Å². The molecular weight excluding hydrogens is 216 g/mol. The number of hydrogen-bond acceptors (Lipinski definition) is 3. The molecule has 0 aliphatic heterocycles. The summed E-state index contributed by atoms with van der Waals surface area (Å²) in [7, 11) is 0. The fourth-order valence-corrected chi connectivity index (χ4v) is 2.50. The van der Waals surface area contributed by atoms with Crippen molar-refractivity contribution in [2.75, 3.05) is 18.5 Å². The van der Waals surface area contributed by atoms with Gasteiger partial charge in [-0.25, -0.2) is 0 Å². The van der Waals surface area contributed by atoms with Crippen molar-refractivity contribution in [3.8, 4) is 0 Å². The van der Waals surface area contributed by atoms with Gasteiger partial charge in [0.25, 0.3) is 0 Å². The number of fused-ring (bicyclic) bond motifs is 1. The molecule has 0 bridgehead atoms. The van der Waals surface area contributed by atoms with Gasteiger partial charge in [0.1, 0.15) is 0 Å². The van der Waals surface area contributed by atoms with Crippen LogP contribution in [0.4, 0.5) is 5.69 Å². The van der Waals surface area contributed by atoms with Gasteiger partial charge >= 0.3 is 0 Å². The molecule has 2 rings (SSSR count). The van der Waals surface area contributed by atoms with Crippen LogP contribution in [0.2, 0.25) is 0 Å². The zero-order valence-electron chi connectivity index (χ0n) is 9.99. The zero-order valence-corrected chi connectivity index (χ0v) is 10.8. The standard InChI is InChI=1S/C13H20N2S/c1-9(16-2)8-15-13-6-3-10-7-11(14)4-5-12(10)13/h4-5,7,9,13,15H,3,6,8,14H2,1-2H3. The second kappa shape index (κ2) is 5.11. The number of nitrogen functional groups attached to an aromatic ring is 1. The molecule has 2 unspecified atom stereocenters. The maximum Gasteiger partial charge on any atom is 0.0326 e. The molecule has 1 aliphatic rings. The van der Waals surface area contributed by atoms with Gasteiger partial charge in [-0.15, -0.1) is 0 Å². The molecule has 0 spiro atoms. The van der Waals surface area contributed by atoms with Crippen LogP contribution >= 0.6 is 11.8 Å². The highest BCUT2D eigenvalue weighted by atomic mass is 32.2. The van der Waals surface area contributed by atoms with Gasteiger partial charge in [0.2, 0.25) is 0 Å². The second-order valence-electron chi connectivity index (χ2n) is 4.50. The number of nitrogens with one attached hydrogen (secondary N) is 1. The molecule has 1 aliphatic carbocycles. The fraction of sp³-hybridized carbons (Fsp3) is 0.538. The van der Waals surface area contributed by atoms with E-state index in [0.29, 0.717) is 11.3 Å². The first-order valence-electron chi connectivity index (χ1n) is 5.85. The Bertz CT molecular complexity index is 365. The van der Waals surface area contributed by atoms with E-state index in [2.05, 4.69) is 30.6 Å². The van der Waals surface area contributed by atoms with E-state index in [4.69, 9.17) is 5.73 Å². The lowest BCUT2D eigenvalue weighted by atomic mass is 10.1. The highest BCUT2D eigenvalue weighted by Gasteiger charge is 2.22. The summed E-state index contributed by atoms with van der Waals surface area (Å²) in [5.41, 5.74) is 9.55. The molecule has 3 N–H and O–H groups in total. The van der Waals surface area contributed by atoms with Crippen LogP contribution in [0.15, 0.2) is 18.2 Å². The number of benzene rings is 1. The Morgan fingerprint density at radius 1 is 1.56 bits per heavy atom. The molecule has 16 heavy (non-hydrogen) atoms. The van der Waals surface area contributed by atoms with E-state index in [-0.39, 0.29) is 0 Å². The van der Waals surface area contributed by atoms with Gasteiger partial charge in [0, 0.05) is 23.5 Å². The maximum absolute atomic E-state index is 5.80. The van der Waals surface area contributed by atoms with Crippen LogP contribution in [0, 0.1) is 0 Å². The van der Waals surface area contributed by atoms with Crippen LogP contribution in [0.3, 0.4) is 0 Å². The smallest absolute Gasteiger partial charge is 0.0326 e. The molecule has 0 amide bonds. The van der Waals surface area contributed by atoms with E-state index < -0.39 is 0 Å². The number of rotatable bonds is 4. The molecule has 0 aromatic heterocycles. The first-order valence-corrected chi connectivity index (χ1v) is 7.14. The van der Waals surface area contributed by atoms with Gasteiger partial charge in [0.05, 0.1) is 0 Å². The van der Waals surface area contributed by atoms with Crippen LogP contribution in [0.25, 0.3) is 0 Å². The molecule has 0 saturated heterocycles. The van der Waals surface area contributed by atoms with Crippen LogP contribution in [-0.2, 0) is 6.42 Å². The largest absolute Gasteiger partial charge is 0.399 e. The summed E-state index contributed by atoms with van der Waals surface area (Å²) in [6, 6.07) is 6.84. The van der Waals surface area contributed by atoms with E-state index in [9.17, 15) is 0 Å². The second-order valence-corrected chi connectivity index (χ2v) is 5.78. The molecule has 88 valence electrons. The number of aryl methyl sites for hydroxylation is 1. The Labute approximate surface area is 102 Å². The first-order chi connectivity index (χ1) is 7.70. The minimum absolute atomic E-state index is 0.533. The third-order valence-corrected chi connectivity index (χ3v) is 4.27. The number of anilines is 1. The summed E-state index contributed by atoms with van der Waals surface area (Å²) in [5.74, 6) is 0. The molecule has 0 fully saturated rings. The normalized spacial score (nSPS) is 20.8. The minimum Gasteiger partial charge on any atom is -0.399 e. The molecule has 0 radical (unpaired) electrons. The summed E-state index contributed by atoms with van der Waals surface area (Å²) >= 11 is 1.91. The average Bonchev–Trinajstić information content (AvgIpc) is 2.68. The average molecular weight is 236 g/mol. The molecule has 2 nitrogen and oxygen atoms in total. The molecule has 1 aromatic rings.